The van der Waals surface area contributed by atoms with Crippen molar-refractivity contribution < 1.29 is 9.53 Å². The third-order valence-corrected chi connectivity index (χ3v) is 3.26. The summed E-state index contributed by atoms with van der Waals surface area (Å²) in [6.07, 6.45) is 1.29. The number of ether oxygens (including phenoxy) is 1. The molecule has 1 aromatic heterocycles. The van der Waals surface area contributed by atoms with Gasteiger partial charge in [0.15, 0.2) is 0 Å². The van der Waals surface area contributed by atoms with Crippen molar-refractivity contribution in [2.75, 3.05) is 0 Å². The van der Waals surface area contributed by atoms with Crippen LogP contribution in [0.2, 0.25) is 0 Å². The molecule has 0 fully saturated rings. The zero-order valence-corrected chi connectivity index (χ0v) is 12.1. The van der Waals surface area contributed by atoms with Crippen LogP contribution in [0.25, 0.3) is 0 Å². The van der Waals surface area contributed by atoms with E-state index in [1.165, 1.54) is 11.3 Å². The summed E-state index contributed by atoms with van der Waals surface area (Å²) in [6.45, 7) is 7.36. The molecule has 16 heavy (non-hydrogen) atoms. The molecular formula is C10H15BrN2O2S. The summed E-state index contributed by atoms with van der Waals surface area (Å²) in [6, 6.07) is -0.147. The molecule has 0 bridgehead atoms. The van der Waals surface area contributed by atoms with E-state index >= 15 is 0 Å². The molecular weight excluding hydrogens is 292 g/mol. The highest BCUT2D eigenvalue weighted by atomic mass is 79.9. The van der Waals surface area contributed by atoms with E-state index in [1.807, 2.05) is 27.7 Å². The van der Waals surface area contributed by atoms with Gasteiger partial charge in [-0.25, -0.2) is 9.78 Å². The molecule has 0 aliphatic carbocycles. The lowest BCUT2D eigenvalue weighted by Crippen LogP contribution is -2.33. The molecule has 0 aliphatic heterocycles. The SMILES string of the molecule is CC(NC(=O)OC(C)(C)C)c1ncc(Br)s1. The number of alkyl carbamates (subject to hydrolysis) is 1. The first-order valence-corrected chi connectivity index (χ1v) is 6.49. The standard InChI is InChI=1S/C10H15BrN2O2S/c1-6(8-12-5-7(11)16-8)13-9(14)15-10(2,3)4/h5-6H,1-4H3,(H,13,14). The maximum Gasteiger partial charge on any atom is 0.408 e. The van der Waals surface area contributed by atoms with Crippen molar-refractivity contribution in [2.45, 2.75) is 39.3 Å². The molecule has 0 spiro atoms. The zero-order valence-electron chi connectivity index (χ0n) is 9.70. The lowest BCUT2D eigenvalue weighted by Gasteiger charge is -2.21. The predicted molar refractivity (Wildman–Crippen MR) is 67.6 cm³/mol. The van der Waals surface area contributed by atoms with E-state index in [4.69, 9.17) is 4.74 Å². The van der Waals surface area contributed by atoms with Crippen LogP contribution in [0.5, 0.6) is 0 Å². The zero-order chi connectivity index (χ0) is 12.3. The Bertz CT molecular complexity index is 373. The molecule has 1 atom stereocenters. The first kappa shape index (κ1) is 13.4. The highest BCUT2D eigenvalue weighted by Crippen LogP contribution is 2.24. The average Bonchev–Trinajstić information content (AvgIpc) is 2.47. The van der Waals surface area contributed by atoms with Gasteiger partial charge in [0.05, 0.1) is 16.0 Å². The van der Waals surface area contributed by atoms with Crippen molar-refractivity contribution in [1.29, 1.82) is 0 Å². The van der Waals surface area contributed by atoms with Crippen LogP contribution >= 0.6 is 27.3 Å². The molecule has 0 saturated heterocycles. The smallest absolute Gasteiger partial charge is 0.408 e. The van der Waals surface area contributed by atoms with Gasteiger partial charge in [-0.05, 0) is 43.6 Å². The summed E-state index contributed by atoms with van der Waals surface area (Å²) in [5, 5.41) is 3.58. The van der Waals surface area contributed by atoms with Gasteiger partial charge in [0.1, 0.15) is 10.6 Å². The van der Waals surface area contributed by atoms with Crippen LogP contribution in [0.4, 0.5) is 4.79 Å². The van der Waals surface area contributed by atoms with Crippen LogP contribution in [0.15, 0.2) is 9.98 Å². The second-order valence-electron chi connectivity index (χ2n) is 4.37. The number of thiazole rings is 1. The molecule has 1 amide bonds. The quantitative estimate of drug-likeness (QED) is 0.910. The van der Waals surface area contributed by atoms with Crippen LogP contribution in [0, 0.1) is 0 Å². The van der Waals surface area contributed by atoms with Gasteiger partial charge in [0, 0.05) is 0 Å². The molecule has 1 aromatic rings. The van der Waals surface area contributed by atoms with Gasteiger partial charge in [0.25, 0.3) is 0 Å². The summed E-state index contributed by atoms with van der Waals surface area (Å²) in [7, 11) is 0. The van der Waals surface area contributed by atoms with Crippen LogP contribution in [0.3, 0.4) is 0 Å². The Morgan fingerprint density at radius 3 is 2.69 bits per heavy atom. The van der Waals surface area contributed by atoms with Crippen molar-refractivity contribution in [3.63, 3.8) is 0 Å². The highest BCUT2D eigenvalue weighted by Gasteiger charge is 2.19. The Labute approximate surface area is 108 Å². The fourth-order valence-corrected chi connectivity index (χ4v) is 2.26. The molecule has 1 N–H and O–H groups in total. The minimum Gasteiger partial charge on any atom is -0.444 e. The summed E-state index contributed by atoms with van der Waals surface area (Å²) in [5.41, 5.74) is -0.479. The number of amides is 1. The van der Waals surface area contributed by atoms with Gasteiger partial charge >= 0.3 is 6.09 Å². The number of halogens is 1. The Morgan fingerprint density at radius 1 is 1.62 bits per heavy atom. The van der Waals surface area contributed by atoms with Gasteiger partial charge in [-0.1, -0.05) is 0 Å². The lowest BCUT2D eigenvalue weighted by molar-refractivity contribution is 0.0508. The summed E-state index contributed by atoms with van der Waals surface area (Å²) in [5.74, 6) is 0. The Balaban J connectivity index is 2.52. The topological polar surface area (TPSA) is 51.2 Å². The monoisotopic (exact) mass is 306 g/mol. The predicted octanol–water partition coefficient (Wildman–Crippen LogP) is 3.49. The van der Waals surface area contributed by atoms with Gasteiger partial charge in [-0.15, -0.1) is 11.3 Å². The molecule has 0 radical (unpaired) electrons. The fraction of sp³-hybridized carbons (Fsp3) is 0.600. The van der Waals surface area contributed by atoms with E-state index in [9.17, 15) is 4.79 Å². The number of carbonyl (C=O) groups excluding carboxylic acids is 1. The third kappa shape index (κ3) is 4.49. The normalized spacial score (nSPS) is 13.3. The maximum absolute atomic E-state index is 11.5. The lowest BCUT2D eigenvalue weighted by atomic mass is 10.2. The molecule has 1 heterocycles. The third-order valence-electron chi connectivity index (χ3n) is 1.60. The second kappa shape index (κ2) is 5.14. The minimum atomic E-state index is -0.479. The molecule has 1 unspecified atom stereocenters. The van der Waals surface area contributed by atoms with Crippen molar-refractivity contribution in [3.05, 3.63) is 15.0 Å². The molecule has 6 heteroatoms. The van der Waals surface area contributed by atoms with Gasteiger partial charge in [-0.3, -0.25) is 0 Å². The van der Waals surface area contributed by atoms with Gasteiger partial charge in [-0.2, -0.15) is 0 Å². The van der Waals surface area contributed by atoms with Crippen molar-refractivity contribution >= 4 is 33.4 Å². The van der Waals surface area contributed by atoms with Crippen LogP contribution in [-0.4, -0.2) is 16.7 Å². The summed E-state index contributed by atoms with van der Waals surface area (Å²) < 4.78 is 6.10. The molecule has 90 valence electrons. The number of carbonyl (C=O) groups is 1. The Kier molecular flexibility index (Phi) is 4.32. The molecule has 4 nitrogen and oxygen atoms in total. The Hall–Kier alpha value is -0.620. The van der Waals surface area contributed by atoms with Gasteiger partial charge < -0.3 is 10.1 Å². The van der Waals surface area contributed by atoms with E-state index in [0.29, 0.717) is 0 Å². The number of nitrogens with zero attached hydrogens (tertiary/aromatic N) is 1. The minimum absolute atomic E-state index is 0.147. The van der Waals surface area contributed by atoms with Crippen LogP contribution < -0.4 is 5.32 Å². The molecule has 0 saturated carbocycles. The maximum atomic E-state index is 11.5. The highest BCUT2D eigenvalue weighted by molar-refractivity contribution is 9.11. The van der Waals surface area contributed by atoms with Crippen molar-refractivity contribution in [1.82, 2.24) is 10.3 Å². The average molecular weight is 307 g/mol. The number of rotatable bonds is 2. The number of aromatic nitrogens is 1. The van der Waals surface area contributed by atoms with Crippen molar-refractivity contribution in [2.24, 2.45) is 0 Å². The van der Waals surface area contributed by atoms with E-state index in [1.54, 1.807) is 6.20 Å². The fourth-order valence-electron chi connectivity index (χ4n) is 1.01. The van der Waals surface area contributed by atoms with Crippen molar-refractivity contribution in [3.8, 4) is 0 Å². The van der Waals surface area contributed by atoms with Gasteiger partial charge in [0.2, 0.25) is 0 Å². The molecule has 0 aliphatic rings. The van der Waals surface area contributed by atoms with E-state index in [-0.39, 0.29) is 6.04 Å². The van der Waals surface area contributed by atoms with E-state index in [0.717, 1.165) is 8.79 Å². The van der Waals surface area contributed by atoms with E-state index in [2.05, 4.69) is 26.2 Å². The van der Waals surface area contributed by atoms with Crippen LogP contribution in [-0.2, 0) is 4.74 Å². The van der Waals surface area contributed by atoms with E-state index < -0.39 is 11.7 Å². The Morgan fingerprint density at radius 2 is 2.25 bits per heavy atom. The number of hydrogen-bond acceptors (Lipinski definition) is 4. The molecule has 1 rings (SSSR count). The largest absolute Gasteiger partial charge is 0.444 e. The molecule has 0 aromatic carbocycles. The summed E-state index contributed by atoms with van der Waals surface area (Å²) in [4.78, 5) is 15.6. The number of hydrogen-bond donors (Lipinski definition) is 1. The first-order valence-electron chi connectivity index (χ1n) is 4.88. The first-order chi connectivity index (χ1) is 7.28. The van der Waals surface area contributed by atoms with Crippen LogP contribution in [0.1, 0.15) is 38.7 Å². The summed E-state index contributed by atoms with van der Waals surface area (Å²) >= 11 is 4.82. The number of nitrogens with one attached hydrogen (secondary N) is 1. The second-order valence-corrected chi connectivity index (χ2v) is 6.81.